The maximum atomic E-state index is 12.0. The molecule has 6 nitrogen and oxygen atoms in total. The molecule has 1 atom stereocenters. The molecule has 1 aromatic carbocycles. The van der Waals surface area contributed by atoms with Gasteiger partial charge in [0.1, 0.15) is 5.82 Å². The van der Waals surface area contributed by atoms with E-state index in [9.17, 15) is 14.7 Å². The number of aliphatic hydroxyl groups is 1. The predicted molar refractivity (Wildman–Crippen MR) is 96.3 cm³/mol. The molecule has 0 radical (unpaired) electrons. The van der Waals surface area contributed by atoms with Crippen LogP contribution in [-0.4, -0.2) is 33.6 Å². The average molecular weight is 343 g/mol. The fourth-order valence-corrected chi connectivity index (χ4v) is 3.49. The second-order valence-electron chi connectivity index (χ2n) is 6.80. The number of hydrogen-bond donors (Lipinski definition) is 3. The van der Waals surface area contributed by atoms with Crippen molar-refractivity contribution in [3.8, 4) is 0 Å². The highest BCUT2D eigenvalue weighted by Gasteiger charge is 2.23. The zero-order valence-electron chi connectivity index (χ0n) is 14.3. The van der Waals surface area contributed by atoms with Gasteiger partial charge in [-0.1, -0.05) is 25.0 Å². The van der Waals surface area contributed by atoms with Crippen LogP contribution >= 0.6 is 0 Å². The Morgan fingerprint density at radius 2 is 2.08 bits per heavy atom. The van der Waals surface area contributed by atoms with Crippen molar-refractivity contribution in [1.29, 1.82) is 0 Å². The van der Waals surface area contributed by atoms with Gasteiger partial charge in [0.15, 0.2) is 0 Å². The summed E-state index contributed by atoms with van der Waals surface area (Å²) in [4.78, 5) is 31.1. The number of nitrogens with zero attached hydrogens (tertiary/aromatic N) is 1. The van der Waals surface area contributed by atoms with Gasteiger partial charge in [-0.15, -0.1) is 0 Å². The minimum Gasteiger partial charge on any atom is -0.391 e. The molecule has 6 heteroatoms. The van der Waals surface area contributed by atoms with Crippen LogP contribution in [0.15, 0.2) is 29.1 Å². The number of aromatic nitrogens is 2. The van der Waals surface area contributed by atoms with E-state index in [0.29, 0.717) is 48.5 Å². The van der Waals surface area contributed by atoms with Gasteiger partial charge in [0, 0.05) is 19.4 Å². The highest BCUT2D eigenvalue weighted by Crippen LogP contribution is 2.27. The number of hydrogen-bond acceptors (Lipinski definition) is 4. The smallest absolute Gasteiger partial charge is 0.258 e. The van der Waals surface area contributed by atoms with E-state index in [1.54, 1.807) is 6.07 Å². The van der Waals surface area contributed by atoms with Crippen LogP contribution in [0.4, 0.5) is 0 Å². The number of H-pyrrole nitrogens is 1. The number of amides is 1. The Morgan fingerprint density at radius 1 is 1.32 bits per heavy atom. The fraction of sp³-hybridized carbons (Fsp3) is 0.526. The van der Waals surface area contributed by atoms with Crippen LogP contribution in [0.3, 0.4) is 0 Å². The molecule has 1 unspecified atom stereocenters. The molecular formula is C19H25N3O3. The third kappa shape index (κ3) is 4.66. The quantitative estimate of drug-likeness (QED) is 0.716. The third-order valence-electron chi connectivity index (χ3n) is 4.93. The minimum atomic E-state index is -0.440. The molecule has 1 aromatic heterocycles. The maximum Gasteiger partial charge on any atom is 0.258 e. The molecule has 3 N–H and O–H groups in total. The van der Waals surface area contributed by atoms with Crippen LogP contribution in [-0.2, 0) is 11.2 Å². The lowest BCUT2D eigenvalue weighted by atomic mass is 10.0. The van der Waals surface area contributed by atoms with Gasteiger partial charge in [0.2, 0.25) is 5.91 Å². The largest absolute Gasteiger partial charge is 0.391 e. The van der Waals surface area contributed by atoms with Crippen molar-refractivity contribution in [2.24, 2.45) is 5.92 Å². The van der Waals surface area contributed by atoms with Crippen molar-refractivity contribution in [2.75, 3.05) is 6.54 Å². The Balaban J connectivity index is 1.44. The maximum absolute atomic E-state index is 12.0. The molecule has 2 aromatic rings. The van der Waals surface area contributed by atoms with Gasteiger partial charge in [-0.25, -0.2) is 4.98 Å². The van der Waals surface area contributed by atoms with E-state index in [0.717, 1.165) is 12.8 Å². The number of para-hydroxylation sites is 1. The number of nitrogens with one attached hydrogen (secondary N) is 2. The summed E-state index contributed by atoms with van der Waals surface area (Å²) in [5.74, 6) is 0.856. The molecule has 0 bridgehead atoms. The van der Waals surface area contributed by atoms with E-state index in [1.807, 2.05) is 18.2 Å². The lowest BCUT2D eigenvalue weighted by Crippen LogP contribution is -2.35. The first-order valence-electron chi connectivity index (χ1n) is 9.06. The number of aryl methyl sites for hydroxylation is 1. The van der Waals surface area contributed by atoms with Gasteiger partial charge >= 0.3 is 0 Å². The Bertz CT molecular complexity index is 781. The molecule has 3 rings (SSSR count). The van der Waals surface area contributed by atoms with Gasteiger partial charge in [-0.3, -0.25) is 9.59 Å². The van der Waals surface area contributed by atoms with Gasteiger partial charge in [-0.2, -0.15) is 0 Å². The number of aromatic amines is 1. The van der Waals surface area contributed by atoms with Crippen LogP contribution < -0.4 is 10.9 Å². The molecule has 1 aliphatic rings. The van der Waals surface area contributed by atoms with Gasteiger partial charge in [0.05, 0.1) is 17.0 Å². The second kappa shape index (κ2) is 8.25. The molecule has 0 saturated heterocycles. The number of fused-ring (bicyclic) bond motifs is 1. The van der Waals surface area contributed by atoms with E-state index in [2.05, 4.69) is 15.3 Å². The Labute approximate surface area is 146 Å². The first-order chi connectivity index (χ1) is 12.1. The number of carbonyl (C=O) groups is 1. The normalized spacial score (nSPS) is 16.2. The lowest BCUT2D eigenvalue weighted by Gasteiger charge is -2.18. The summed E-state index contributed by atoms with van der Waals surface area (Å²) >= 11 is 0. The van der Waals surface area contributed by atoms with E-state index in [1.165, 1.54) is 12.8 Å². The molecule has 1 amide bonds. The Hall–Kier alpha value is -2.21. The molecule has 0 aliphatic heterocycles. The molecule has 1 fully saturated rings. The predicted octanol–water partition coefficient (Wildman–Crippen LogP) is 1.91. The van der Waals surface area contributed by atoms with Gasteiger partial charge in [-0.05, 0) is 37.3 Å². The summed E-state index contributed by atoms with van der Waals surface area (Å²) in [7, 11) is 0. The Morgan fingerprint density at radius 3 is 2.88 bits per heavy atom. The first kappa shape index (κ1) is 17.6. The van der Waals surface area contributed by atoms with E-state index in [-0.39, 0.29) is 11.5 Å². The van der Waals surface area contributed by atoms with E-state index < -0.39 is 6.10 Å². The average Bonchev–Trinajstić information content (AvgIpc) is 3.14. The summed E-state index contributed by atoms with van der Waals surface area (Å²) in [5, 5.41) is 13.4. The SMILES string of the molecule is O=C(CCCc1nc2ccccc2c(=O)[nH]1)NCC(O)C1CCCC1. The summed E-state index contributed by atoms with van der Waals surface area (Å²) in [5.41, 5.74) is 0.523. The van der Waals surface area contributed by atoms with Gasteiger partial charge < -0.3 is 15.4 Å². The fourth-order valence-electron chi connectivity index (χ4n) is 3.49. The highest BCUT2D eigenvalue weighted by molar-refractivity contribution is 5.77. The summed E-state index contributed by atoms with van der Waals surface area (Å²) in [6.07, 6.45) is 5.51. The van der Waals surface area contributed by atoms with Crippen molar-refractivity contribution >= 4 is 16.8 Å². The summed E-state index contributed by atoms with van der Waals surface area (Å²) in [6, 6.07) is 7.21. The summed E-state index contributed by atoms with van der Waals surface area (Å²) in [6.45, 7) is 0.328. The molecule has 0 spiro atoms. The zero-order chi connectivity index (χ0) is 17.6. The standard InChI is InChI=1S/C19H25N3O3/c23-16(13-6-1-2-7-13)12-20-18(24)11-5-10-17-21-15-9-4-3-8-14(15)19(25)22-17/h3-4,8-9,13,16,23H,1-2,5-7,10-12H2,(H,20,24)(H,21,22,25). The van der Waals surface area contributed by atoms with E-state index in [4.69, 9.17) is 0 Å². The van der Waals surface area contributed by atoms with Crippen molar-refractivity contribution < 1.29 is 9.90 Å². The second-order valence-corrected chi connectivity index (χ2v) is 6.80. The Kier molecular flexibility index (Phi) is 5.81. The first-order valence-corrected chi connectivity index (χ1v) is 9.06. The number of rotatable bonds is 7. The van der Waals surface area contributed by atoms with Crippen molar-refractivity contribution in [3.05, 3.63) is 40.4 Å². The molecular weight excluding hydrogens is 318 g/mol. The molecule has 1 saturated carbocycles. The minimum absolute atomic E-state index is 0.0693. The van der Waals surface area contributed by atoms with Crippen molar-refractivity contribution in [2.45, 2.75) is 51.0 Å². The van der Waals surface area contributed by atoms with Crippen LogP contribution in [0.2, 0.25) is 0 Å². The zero-order valence-corrected chi connectivity index (χ0v) is 14.3. The highest BCUT2D eigenvalue weighted by atomic mass is 16.3. The number of carbonyl (C=O) groups excluding carboxylic acids is 1. The van der Waals surface area contributed by atoms with Gasteiger partial charge in [0.25, 0.3) is 5.56 Å². The van der Waals surface area contributed by atoms with E-state index >= 15 is 0 Å². The van der Waals surface area contributed by atoms with Crippen LogP contribution in [0.25, 0.3) is 10.9 Å². The van der Waals surface area contributed by atoms with Crippen LogP contribution in [0, 0.1) is 5.92 Å². The van der Waals surface area contributed by atoms with Crippen molar-refractivity contribution in [1.82, 2.24) is 15.3 Å². The topological polar surface area (TPSA) is 95.1 Å². The monoisotopic (exact) mass is 343 g/mol. The molecule has 25 heavy (non-hydrogen) atoms. The number of aliphatic hydroxyl groups excluding tert-OH is 1. The lowest BCUT2D eigenvalue weighted by molar-refractivity contribution is -0.121. The van der Waals surface area contributed by atoms with Crippen LogP contribution in [0.1, 0.15) is 44.3 Å². The molecule has 134 valence electrons. The molecule has 1 heterocycles. The number of benzene rings is 1. The molecule has 1 aliphatic carbocycles. The van der Waals surface area contributed by atoms with Crippen LogP contribution in [0.5, 0.6) is 0 Å². The van der Waals surface area contributed by atoms with Crippen molar-refractivity contribution in [3.63, 3.8) is 0 Å². The summed E-state index contributed by atoms with van der Waals surface area (Å²) < 4.78 is 0. The third-order valence-corrected chi connectivity index (χ3v) is 4.93.